The zero-order chi connectivity index (χ0) is 20.1. The Balaban J connectivity index is 1.50. The first kappa shape index (κ1) is 19.2. The average molecular weight is 386 g/mol. The lowest BCUT2D eigenvalue weighted by atomic mass is 9.93. The van der Waals surface area contributed by atoms with Gasteiger partial charge in [0.25, 0.3) is 0 Å². The molecule has 2 aromatic carbocycles. The van der Waals surface area contributed by atoms with E-state index >= 15 is 0 Å². The highest BCUT2D eigenvalue weighted by molar-refractivity contribution is 5.79. The minimum atomic E-state index is 0.196. The number of para-hydroxylation sites is 1. The summed E-state index contributed by atoms with van der Waals surface area (Å²) in [7, 11) is 1.68. The molecule has 4 nitrogen and oxygen atoms in total. The maximum absolute atomic E-state index is 12.8. The average Bonchev–Trinajstić information content (AvgIpc) is 2.80. The van der Waals surface area contributed by atoms with Gasteiger partial charge >= 0.3 is 0 Å². The summed E-state index contributed by atoms with van der Waals surface area (Å²) in [6.45, 7) is 1.56. The summed E-state index contributed by atoms with van der Waals surface area (Å²) in [5.41, 5.74) is 4.01. The first-order valence-electron chi connectivity index (χ1n) is 10.2. The number of piperidine rings is 1. The molecule has 0 saturated carbocycles. The normalized spacial score (nSPS) is 16.4. The Labute approximate surface area is 172 Å². The number of rotatable bonds is 5. The molecule has 1 atom stereocenters. The van der Waals surface area contributed by atoms with Gasteiger partial charge in [0.05, 0.1) is 19.2 Å². The SMILES string of the molecule is COc1ccccc1-c1cccc([C@@H]2CCCN(C(=O)Cc3ccccc3)C2)n1. The lowest BCUT2D eigenvalue weighted by molar-refractivity contribution is -0.131. The van der Waals surface area contributed by atoms with Crippen LogP contribution in [0.15, 0.2) is 72.8 Å². The van der Waals surface area contributed by atoms with Gasteiger partial charge < -0.3 is 9.64 Å². The van der Waals surface area contributed by atoms with Crippen LogP contribution in [0.25, 0.3) is 11.3 Å². The van der Waals surface area contributed by atoms with Crippen LogP contribution in [0.5, 0.6) is 5.75 Å². The maximum Gasteiger partial charge on any atom is 0.227 e. The third-order valence-corrected chi connectivity index (χ3v) is 5.54. The molecule has 4 heteroatoms. The monoisotopic (exact) mass is 386 g/mol. The van der Waals surface area contributed by atoms with Crippen LogP contribution in [-0.2, 0) is 11.2 Å². The standard InChI is InChI=1S/C25H26N2O2/c1-29-24-15-6-5-12-21(24)23-14-7-13-22(26-23)20-11-8-16-27(18-20)25(28)17-19-9-3-2-4-10-19/h2-7,9-10,12-15,20H,8,11,16-18H2,1H3/t20-/m1/s1. The Morgan fingerprint density at radius 1 is 1.03 bits per heavy atom. The molecular formula is C25H26N2O2. The van der Waals surface area contributed by atoms with Gasteiger partial charge in [-0.15, -0.1) is 0 Å². The summed E-state index contributed by atoms with van der Waals surface area (Å²) in [6.07, 6.45) is 2.52. The van der Waals surface area contributed by atoms with Gasteiger partial charge in [0.15, 0.2) is 0 Å². The molecule has 1 fully saturated rings. The highest BCUT2D eigenvalue weighted by Gasteiger charge is 2.26. The fraction of sp³-hybridized carbons (Fsp3) is 0.280. The Morgan fingerprint density at radius 2 is 1.83 bits per heavy atom. The molecule has 0 aliphatic carbocycles. The molecular weight excluding hydrogens is 360 g/mol. The van der Waals surface area contributed by atoms with Crippen molar-refractivity contribution in [2.24, 2.45) is 0 Å². The van der Waals surface area contributed by atoms with Gasteiger partial charge in [-0.3, -0.25) is 9.78 Å². The quantitative estimate of drug-likeness (QED) is 0.638. The van der Waals surface area contributed by atoms with E-state index in [1.807, 2.05) is 65.6 Å². The molecule has 1 amide bonds. The fourth-order valence-corrected chi connectivity index (χ4v) is 4.01. The van der Waals surface area contributed by atoms with Crippen molar-refractivity contribution in [3.63, 3.8) is 0 Å². The maximum atomic E-state index is 12.8. The van der Waals surface area contributed by atoms with Crippen molar-refractivity contribution in [1.82, 2.24) is 9.88 Å². The van der Waals surface area contributed by atoms with Crippen molar-refractivity contribution in [1.29, 1.82) is 0 Å². The molecule has 29 heavy (non-hydrogen) atoms. The zero-order valence-corrected chi connectivity index (χ0v) is 16.8. The Bertz CT molecular complexity index is 971. The van der Waals surface area contributed by atoms with E-state index in [0.717, 1.165) is 54.2 Å². The minimum Gasteiger partial charge on any atom is -0.496 e. The summed E-state index contributed by atoms with van der Waals surface area (Å²) >= 11 is 0. The fourth-order valence-electron chi connectivity index (χ4n) is 4.01. The second kappa shape index (κ2) is 8.91. The van der Waals surface area contributed by atoms with E-state index < -0.39 is 0 Å². The summed E-state index contributed by atoms with van der Waals surface area (Å²) in [6, 6.07) is 24.0. The number of pyridine rings is 1. The number of hydrogen-bond donors (Lipinski definition) is 0. The summed E-state index contributed by atoms with van der Waals surface area (Å²) < 4.78 is 5.50. The van der Waals surface area contributed by atoms with Gasteiger partial charge in [-0.05, 0) is 42.7 Å². The highest BCUT2D eigenvalue weighted by atomic mass is 16.5. The smallest absolute Gasteiger partial charge is 0.227 e. The largest absolute Gasteiger partial charge is 0.496 e. The molecule has 0 bridgehead atoms. The van der Waals surface area contributed by atoms with Crippen molar-refractivity contribution in [3.8, 4) is 17.0 Å². The molecule has 0 radical (unpaired) electrons. The van der Waals surface area contributed by atoms with Gasteiger partial charge in [-0.1, -0.05) is 48.5 Å². The Kier molecular flexibility index (Phi) is 5.89. The Morgan fingerprint density at radius 3 is 2.66 bits per heavy atom. The molecule has 2 heterocycles. The van der Waals surface area contributed by atoms with E-state index in [-0.39, 0.29) is 11.8 Å². The van der Waals surface area contributed by atoms with E-state index in [0.29, 0.717) is 6.42 Å². The lowest BCUT2D eigenvalue weighted by Gasteiger charge is -2.32. The number of amides is 1. The minimum absolute atomic E-state index is 0.196. The summed E-state index contributed by atoms with van der Waals surface area (Å²) in [4.78, 5) is 19.7. The number of carbonyl (C=O) groups excluding carboxylic acids is 1. The molecule has 1 saturated heterocycles. The number of likely N-dealkylation sites (tertiary alicyclic amines) is 1. The van der Waals surface area contributed by atoms with Crippen molar-refractivity contribution < 1.29 is 9.53 Å². The molecule has 0 N–H and O–H groups in total. The predicted octanol–water partition coefficient (Wildman–Crippen LogP) is 4.71. The third kappa shape index (κ3) is 4.48. The molecule has 1 aromatic heterocycles. The van der Waals surface area contributed by atoms with Gasteiger partial charge in [0.1, 0.15) is 5.75 Å². The molecule has 1 aliphatic rings. The predicted molar refractivity (Wildman–Crippen MR) is 115 cm³/mol. The van der Waals surface area contributed by atoms with Crippen molar-refractivity contribution in [3.05, 3.63) is 84.1 Å². The van der Waals surface area contributed by atoms with E-state index in [1.54, 1.807) is 7.11 Å². The molecule has 3 aromatic rings. The van der Waals surface area contributed by atoms with Crippen molar-refractivity contribution in [2.75, 3.05) is 20.2 Å². The Hall–Kier alpha value is -3.14. The van der Waals surface area contributed by atoms with E-state index in [4.69, 9.17) is 9.72 Å². The first-order chi connectivity index (χ1) is 14.2. The van der Waals surface area contributed by atoms with Gasteiger partial charge in [-0.25, -0.2) is 0 Å². The van der Waals surface area contributed by atoms with E-state index in [1.165, 1.54) is 0 Å². The van der Waals surface area contributed by atoms with Crippen LogP contribution in [0, 0.1) is 0 Å². The molecule has 148 valence electrons. The number of methoxy groups -OCH3 is 1. The third-order valence-electron chi connectivity index (χ3n) is 5.54. The van der Waals surface area contributed by atoms with Crippen molar-refractivity contribution in [2.45, 2.75) is 25.2 Å². The number of aromatic nitrogens is 1. The number of nitrogens with zero attached hydrogens (tertiary/aromatic N) is 2. The van der Waals surface area contributed by atoms with Gasteiger partial charge in [0, 0.05) is 30.3 Å². The second-order valence-corrected chi connectivity index (χ2v) is 7.49. The van der Waals surface area contributed by atoms with Crippen molar-refractivity contribution >= 4 is 5.91 Å². The van der Waals surface area contributed by atoms with E-state index in [2.05, 4.69) is 12.1 Å². The summed E-state index contributed by atoms with van der Waals surface area (Å²) in [5.74, 6) is 1.28. The van der Waals surface area contributed by atoms with Crippen LogP contribution in [0.3, 0.4) is 0 Å². The van der Waals surface area contributed by atoms with Crippen LogP contribution < -0.4 is 4.74 Å². The number of ether oxygens (including phenoxy) is 1. The lowest BCUT2D eigenvalue weighted by Crippen LogP contribution is -2.40. The molecule has 0 spiro atoms. The molecule has 0 unspecified atom stereocenters. The highest BCUT2D eigenvalue weighted by Crippen LogP contribution is 2.31. The van der Waals surface area contributed by atoms with Crippen LogP contribution in [-0.4, -0.2) is 36.0 Å². The van der Waals surface area contributed by atoms with Gasteiger partial charge in [0.2, 0.25) is 5.91 Å². The van der Waals surface area contributed by atoms with Crippen LogP contribution in [0.2, 0.25) is 0 Å². The zero-order valence-electron chi connectivity index (χ0n) is 16.8. The van der Waals surface area contributed by atoms with Crippen LogP contribution in [0.1, 0.15) is 30.0 Å². The first-order valence-corrected chi connectivity index (χ1v) is 10.2. The van der Waals surface area contributed by atoms with E-state index in [9.17, 15) is 4.79 Å². The molecule has 4 rings (SSSR count). The number of benzene rings is 2. The van der Waals surface area contributed by atoms with Crippen LogP contribution in [0.4, 0.5) is 0 Å². The van der Waals surface area contributed by atoms with Gasteiger partial charge in [-0.2, -0.15) is 0 Å². The molecule has 1 aliphatic heterocycles. The van der Waals surface area contributed by atoms with Crippen LogP contribution >= 0.6 is 0 Å². The number of carbonyl (C=O) groups is 1. The topological polar surface area (TPSA) is 42.4 Å². The number of hydrogen-bond acceptors (Lipinski definition) is 3. The second-order valence-electron chi connectivity index (χ2n) is 7.49. The summed E-state index contributed by atoms with van der Waals surface area (Å²) in [5, 5.41) is 0.